The van der Waals surface area contributed by atoms with Crippen LogP contribution in [0.2, 0.25) is 0 Å². The Morgan fingerprint density at radius 2 is 1.70 bits per heavy atom. The number of aryl methyl sites for hydroxylation is 3. The van der Waals surface area contributed by atoms with Crippen molar-refractivity contribution in [1.82, 2.24) is 15.0 Å². The van der Waals surface area contributed by atoms with Crippen LogP contribution in [-0.4, -0.2) is 15.0 Å². The Labute approximate surface area is 196 Å². The SMILES string of the molecule is C=CCCc1cccc(CCc2csc(-c3ccccc3F)c2-n2nnc3ccccc32)c1. The second-order valence-corrected chi connectivity index (χ2v) is 8.94. The Hall–Kier alpha value is -3.57. The molecule has 5 heteroatoms. The molecule has 3 nitrogen and oxygen atoms in total. The zero-order chi connectivity index (χ0) is 22.6. The third-order valence-electron chi connectivity index (χ3n) is 5.83. The first-order valence-corrected chi connectivity index (χ1v) is 12.0. The van der Waals surface area contributed by atoms with Crippen LogP contribution in [0.1, 0.15) is 23.1 Å². The van der Waals surface area contributed by atoms with Crippen LogP contribution in [0.15, 0.2) is 90.8 Å². The van der Waals surface area contributed by atoms with Gasteiger partial charge in [-0.2, -0.15) is 0 Å². The summed E-state index contributed by atoms with van der Waals surface area (Å²) in [6.07, 6.45) is 5.66. The number of nitrogens with zero attached hydrogens (tertiary/aromatic N) is 3. The van der Waals surface area contributed by atoms with E-state index >= 15 is 0 Å². The Morgan fingerprint density at radius 1 is 0.909 bits per heavy atom. The number of hydrogen-bond acceptors (Lipinski definition) is 3. The second-order valence-electron chi connectivity index (χ2n) is 8.06. The average Bonchev–Trinajstić information content (AvgIpc) is 3.46. The van der Waals surface area contributed by atoms with Gasteiger partial charge in [0.1, 0.15) is 11.3 Å². The first-order valence-electron chi connectivity index (χ1n) is 11.1. The molecule has 33 heavy (non-hydrogen) atoms. The van der Waals surface area contributed by atoms with Crippen molar-refractivity contribution in [1.29, 1.82) is 0 Å². The van der Waals surface area contributed by atoms with E-state index in [4.69, 9.17) is 0 Å². The first kappa shape index (κ1) is 21.3. The summed E-state index contributed by atoms with van der Waals surface area (Å²) in [5, 5.41) is 10.9. The predicted molar refractivity (Wildman–Crippen MR) is 135 cm³/mol. The van der Waals surface area contributed by atoms with Crippen LogP contribution >= 0.6 is 11.3 Å². The van der Waals surface area contributed by atoms with Crippen LogP contribution in [0.3, 0.4) is 0 Å². The smallest absolute Gasteiger partial charge is 0.131 e. The van der Waals surface area contributed by atoms with Gasteiger partial charge in [-0.05, 0) is 66.0 Å². The van der Waals surface area contributed by atoms with Crippen LogP contribution in [0, 0.1) is 5.82 Å². The molecule has 0 radical (unpaired) electrons. The summed E-state index contributed by atoms with van der Waals surface area (Å²) in [5.41, 5.74) is 7.02. The first-order chi connectivity index (χ1) is 16.2. The number of aromatic nitrogens is 3. The molecule has 0 aliphatic rings. The maximum atomic E-state index is 14.8. The van der Waals surface area contributed by atoms with Crippen LogP contribution in [0.4, 0.5) is 4.39 Å². The van der Waals surface area contributed by atoms with E-state index in [1.165, 1.54) is 17.2 Å². The van der Waals surface area contributed by atoms with Crippen molar-refractivity contribution in [2.45, 2.75) is 25.7 Å². The van der Waals surface area contributed by atoms with Gasteiger partial charge >= 0.3 is 0 Å². The normalized spacial score (nSPS) is 11.2. The molecule has 0 bridgehead atoms. The number of thiophene rings is 1. The number of para-hydroxylation sites is 1. The van der Waals surface area contributed by atoms with E-state index < -0.39 is 0 Å². The maximum absolute atomic E-state index is 14.8. The topological polar surface area (TPSA) is 30.7 Å². The fourth-order valence-corrected chi connectivity index (χ4v) is 5.27. The number of rotatable bonds is 8. The van der Waals surface area contributed by atoms with Crippen molar-refractivity contribution in [3.05, 3.63) is 113 Å². The molecule has 0 amide bonds. The fourth-order valence-electron chi connectivity index (χ4n) is 4.16. The van der Waals surface area contributed by atoms with Gasteiger partial charge in [0.25, 0.3) is 0 Å². The summed E-state index contributed by atoms with van der Waals surface area (Å²) in [4.78, 5) is 0.874. The molecule has 5 rings (SSSR count). The highest BCUT2D eigenvalue weighted by atomic mass is 32.1. The molecule has 0 atom stereocenters. The molecule has 3 aromatic carbocycles. The van der Waals surface area contributed by atoms with Crippen molar-refractivity contribution in [2.24, 2.45) is 0 Å². The lowest BCUT2D eigenvalue weighted by molar-refractivity contribution is 0.631. The van der Waals surface area contributed by atoms with Gasteiger partial charge in [-0.1, -0.05) is 65.9 Å². The van der Waals surface area contributed by atoms with Crippen LogP contribution in [0.5, 0.6) is 0 Å². The van der Waals surface area contributed by atoms with Gasteiger partial charge in [-0.25, -0.2) is 9.07 Å². The van der Waals surface area contributed by atoms with Gasteiger partial charge in [-0.3, -0.25) is 0 Å². The molecule has 0 unspecified atom stereocenters. The lowest BCUT2D eigenvalue weighted by atomic mass is 10.0. The Bertz CT molecular complexity index is 1420. The third-order valence-corrected chi connectivity index (χ3v) is 6.88. The predicted octanol–water partition coefficient (Wildman–Crippen LogP) is 7.19. The van der Waals surface area contributed by atoms with E-state index in [1.54, 1.807) is 17.4 Å². The average molecular weight is 454 g/mol. The minimum absolute atomic E-state index is 0.230. The molecule has 0 aliphatic carbocycles. The van der Waals surface area contributed by atoms with E-state index in [2.05, 4.69) is 46.5 Å². The van der Waals surface area contributed by atoms with Gasteiger partial charge < -0.3 is 0 Å². The monoisotopic (exact) mass is 453 g/mol. The molecular formula is C28H24FN3S. The minimum atomic E-state index is -0.230. The van der Waals surface area contributed by atoms with E-state index in [1.807, 2.05) is 47.2 Å². The molecule has 164 valence electrons. The summed E-state index contributed by atoms with van der Waals surface area (Å²) in [6, 6.07) is 23.5. The Kier molecular flexibility index (Phi) is 6.13. The van der Waals surface area contributed by atoms with Crippen LogP contribution < -0.4 is 0 Å². The maximum Gasteiger partial charge on any atom is 0.131 e. The van der Waals surface area contributed by atoms with Crippen molar-refractivity contribution in [2.75, 3.05) is 0 Å². The zero-order valence-electron chi connectivity index (χ0n) is 18.2. The Balaban J connectivity index is 1.54. The van der Waals surface area contributed by atoms with E-state index in [0.717, 1.165) is 52.8 Å². The summed E-state index contributed by atoms with van der Waals surface area (Å²) < 4.78 is 16.6. The largest absolute Gasteiger partial charge is 0.211 e. The fraction of sp³-hybridized carbons (Fsp3) is 0.143. The standard InChI is InChI=1S/C28H24FN3S/c1-2-3-9-20-10-8-11-21(18-20)16-17-22-19-33-28(23-12-4-5-13-24(23)29)27(22)32-26-15-7-6-14-25(26)30-31-32/h2,4-8,10-15,18-19H,1,3,9,16-17H2. The highest BCUT2D eigenvalue weighted by Gasteiger charge is 2.20. The van der Waals surface area contributed by atoms with Crippen LogP contribution in [0.25, 0.3) is 27.2 Å². The number of halogens is 1. The van der Waals surface area contributed by atoms with E-state index in [-0.39, 0.29) is 5.82 Å². The van der Waals surface area contributed by atoms with Gasteiger partial charge in [0.05, 0.1) is 16.1 Å². The zero-order valence-corrected chi connectivity index (χ0v) is 19.1. The molecule has 5 aromatic rings. The molecule has 0 saturated heterocycles. The lowest BCUT2D eigenvalue weighted by Gasteiger charge is -2.10. The molecular weight excluding hydrogens is 429 g/mol. The minimum Gasteiger partial charge on any atom is -0.211 e. The quantitative estimate of drug-likeness (QED) is 0.233. The molecule has 0 N–H and O–H groups in total. The van der Waals surface area contributed by atoms with Crippen molar-refractivity contribution in [3.63, 3.8) is 0 Å². The number of hydrogen-bond donors (Lipinski definition) is 0. The molecule has 2 heterocycles. The number of fused-ring (bicyclic) bond motifs is 1. The highest BCUT2D eigenvalue weighted by Crippen LogP contribution is 2.38. The van der Waals surface area contributed by atoms with Crippen molar-refractivity contribution in [3.8, 4) is 16.1 Å². The molecule has 0 saturated carbocycles. The van der Waals surface area contributed by atoms with Gasteiger partial charge in [0.15, 0.2) is 0 Å². The molecule has 0 aliphatic heterocycles. The Morgan fingerprint density at radius 3 is 2.55 bits per heavy atom. The van der Waals surface area contributed by atoms with Gasteiger partial charge in [0.2, 0.25) is 0 Å². The summed E-state index contributed by atoms with van der Waals surface area (Å²) in [6.45, 7) is 3.82. The summed E-state index contributed by atoms with van der Waals surface area (Å²) >= 11 is 1.56. The van der Waals surface area contributed by atoms with Gasteiger partial charge in [0, 0.05) is 5.56 Å². The summed E-state index contributed by atoms with van der Waals surface area (Å²) in [7, 11) is 0. The molecule has 0 spiro atoms. The number of allylic oxidation sites excluding steroid dienone is 1. The van der Waals surface area contributed by atoms with E-state index in [9.17, 15) is 4.39 Å². The third kappa shape index (κ3) is 4.37. The number of benzene rings is 3. The van der Waals surface area contributed by atoms with Gasteiger partial charge in [-0.15, -0.1) is 23.0 Å². The van der Waals surface area contributed by atoms with Crippen molar-refractivity contribution < 1.29 is 4.39 Å². The summed E-state index contributed by atoms with van der Waals surface area (Å²) in [5.74, 6) is -0.230. The lowest BCUT2D eigenvalue weighted by Crippen LogP contribution is -2.03. The molecule has 0 fully saturated rings. The highest BCUT2D eigenvalue weighted by molar-refractivity contribution is 7.14. The second kappa shape index (κ2) is 9.51. The van der Waals surface area contributed by atoms with Crippen molar-refractivity contribution >= 4 is 22.4 Å². The van der Waals surface area contributed by atoms with Crippen LogP contribution in [-0.2, 0) is 19.3 Å². The molecule has 2 aromatic heterocycles. The van der Waals surface area contributed by atoms with E-state index in [0.29, 0.717) is 5.56 Å².